The summed E-state index contributed by atoms with van der Waals surface area (Å²) in [6.07, 6.45) is 1.77. The Morgan fingerprint density at radius 3 is 2.72 bits per heavy atom. The summed E-state index contributed by atoms with van der Waals surface area (Å²) in [7, 11) is 0. The molecule has 3 heteroatoms. The van der Waals surface area contributed by atoms with Gasteiger partial charge in [-0.1, -0.05) is 18.2 Å². The summed E-state index contributed by atoms with van der Waals surface area (Å²) in [5.74, 6) is -0.217. The van der Waals surface area contributed by atoms with E-state index in [1.807, 2.05) is 35.7 Å². The number of benzene rings is 1. The van der Waals surface area contributed by atoms with Gasteiger partial charge in [0.1, 0.15) is 5.82 Å². The van der Waals surface area contributed by atoms with Gasteiger partial charge in [0, 0.05) is 11.8 Å². The fraction of sp³-hybridized carbons (Fsp3) is 0. The number of nitrogens with zero attached hydrogens (tertiary/aromatic N) is 1. The molecule has 0 atom stereocenters. The number of thiophene rings is 1. The van der Waals surface area contributed by atoms with Crippen molar-refractivity contribution < 1.29 is 4.39 Å². The molecular weight excluding hydrogens is 245 g/mol. The van der Waals surface area contributed by atoms with Crippen molar-refractivity contribution in [3.63, 3.8) is 0 Å². The standard InChI is InChI=1S/C15H10FNS/c16-12-5-3-4-11(10-12)13-7-9-18-15(13)14-6-1-2-8-17-14/h1-10H. The molecule has 0 saturated heterocycles. The summed E-state index contributed by atoms with van der Waals surface area (Å²) >= 11 is 1.62. The Labute approximate surface area is 109 Å². The smallest absolute Gasteiger partial charge is 0.123 e. The second-order valence-corrected chi connectivity index (χ2v) is 4.80. The summed E-state index contributed by atoms with van der Waals surface area (Å²) in [5.41, 5.74) is 2.84. The minimum absolute atomic E-state index is 0.217. The summed E-state index contributed by atoms with van der Waals surface area (Å²) < 4.78 is 13.3. The zero-order valence-corrected chi connectivity index (χ0v) is 10.3. The van der Waals surface area contributed by atoms with E-state index in [0.29, 0.717) is 0 Å². The molecule has 0 bridgehead atoms. The minimum atomic E-state index is -0.217. The Bertz CT molecular complexity index is 661. The maximum atomic E-state index is 13.3. The van der Waals surface area contributed by atoms with Crippen LogP contribution in [0.3, 0.4) is 0 Å². The molecule has 0 spiro atoms. The van der Waals surface area contributed by atoms with E-state index in [0.717, 1.165) is 21.7 Å². The van der Waals surface area contributed by atoms with E-state index in [4.69, 9.17) is 0 Å². The van der Waals surface area contributed by atoms with Crippen molar-refractivity contribution >= 4 is 11.3 Å². The zero-order chi connectivity index (χ0) is 12.4. The van der Waals surface area contributed by atoms with Crippen LogP contribution in [0.15, 0.2) is 60.1 Å². The maximum Gasteiger partial charge on any atom is 0.123 e. The van der Waals surface area contributed by atoms with E-state index in [2.05, 4.69) is 4.98 Å². The van der Waals surface area contributed by atoms with E-state index in [1.165, 1.54) is 6.07 Å². The first kappa shape index (κ1) is 11.1. The van der Waals surface area contributed by atoms with Crippen molar-refractivity contribution in [3.8, 4) is 21.7 Å². The molecule has 0 N–H and O–H groups in total. The fourth-order valence-corrected chi connectivity index (χ4v) is 2.78. The normalized spacial score (nSPS) is 10.5. The van der Waals surface area contributed by atoms with Gasteiger partial charge in [-0.2, -0.15) is 0 Å². The van der Waals surface area contributed by atoms with E-state index in [-0.39, 0.29) is 5.82 Å². The SMILES string of the molecule is Fc1cccc(-c2ccsc2-c2ccccn2)c1. The molecule has 0 unspecified atom stereocenters. The minimum Gasteiger partial charge on any atom is -0.255 e. The summed E-state index contributed by atoms with van der Waals surface area (Å²) in [6, 6.07) is 14.5. The van der Waals surface area contributed by atoms with Gasteiger partial charge in [-0.3, -0.25) is 4.98 Å². The summed E-state index contributed by atoms with van der Waals surface area (Å²) in [5, 5.41) is 2.00. The number of aromatic nitrogens is 1. The molecule has 0 saturated carbocycles. The molecule has 2 aromatic heterocycles. The topological polar surface area (TPSA) is 12.9 Å². The predicted molar refractivity (Wildman–Crippen MR) is 72.9 cm³/mol. The lowest BCUT2D eigenvalue weighted by molar-refractivity contribution is 0.628. The summed E-state index contributed by atoms with van der Waals surface area (Å²) in [4.78, 5) is 5.42. The maximum absolute atomic E-state index is 13.3. The molecule has 0 aliphatic rings. The van der Waals surface area contributed by atoms with Gasteiger partial charge in [-0.05, 0) is 41.3 Å². The van der Waals surface area contributed by atoms with Crippen LogP contribution < -0.4 is 0 Å². The van der Waals surface area contributed by atoms with E-state index >= 15 is 0 Å². The number of hydrogen-bond acceptors (Lipinski definition) is 2. The van der Waals surface area contributed by atoms with Gasteiger partial charge in [0.25, 0.3) is 0 Å². The first-order valence-electron chi connectivity index (χ1n) is 5.59. The monoisotopic (exact) mass is 255 g/mol. The Balaban J connectivity index is 2.13. The van der Waals surface area contributed by atoms with Gasteiger partial charge in [0.2, 0.25) is 0 Å². The average Bonchev–Trinajstić information content (AvgIpc) is 2.89. The quantitative estimate of drug-likeness (QED) is 0.651. The van der Waals surface area contributed by atoms with Gasteiger partial charge < -0.3 is 0 Å². The van der Waals surface area contributed by atoms with Gasteiger partial charge in [-0.25, -0.2) is 4.39 Å². The van der Waals surface area contributed by atoms with Crippen LogP contribution in [-0.4, -0.2) is 4.98 Å². The molecule has 1 nitrogen and oxygen atoms in total. The molecule has 3 aromatic rings. The third kappa shape index (κ3) is 2.05. The lowest BCUT2D eigenvalue weighted by atomic mass is 10.1. The molecule has 88 valence electrons. The van der Waals surface area contributed by atoms with Crippen LogP contribution in [0.2, 0.25) is 0 Å². The highest BCUT2D eigenvalue weighted by atomic mass is 32.1. The van der Waals surface area contributed by atoms with Crippen LogP contribution in [0.25, 0.3) is 21.7 Å². The van der Waals surface area contributed by atoms with Crippen molar-refractivity contribution in [1.82, 2.24) is 4.98 Å². The molecule has 2 heterocycles. The largest absolute Gasteiger partial charge is 0.255 e. The molecule has 0 amide bonds. The van der Waals surface area contributed by atoms with Gasteiger partial charge >= 0.3 is 0 Å². The molecule has 18 heavy (non-hydrogen) atoms. The summed E-state index contributed by atoms with van der Waals surface area (Å²) in [6.45, 7) is 0. The first-order valence-corrected chi connectivity index (χ1v) is 6.47. The highest BCUT2D eigenvalue weighted by Gasteiger charge is 2.10. The first-order chi connectivity index (χ1) is 8.84. The van der Waals surface area contributed by atoms with Crippen LogP contribution in [0, 0.1) is 5.82 Å². The Hall–Kier alpha value is -2.00. The molecular formula is C15H10FNS. The molecule has 3 rings (SSSR count). The van der Waals surface area contributed by atoms with Crippen molar-refractivity contribution in [1.29, 1.82) is 0 Å². The Kier molecular flexibility index (Phi) is 2.90. The van der Waals surface area contributed by atoms with Gasteiger partial charge in [0.15, 0.2) is 0 Å². The second-order valence-electron chi connectivity index (χ2n) is 3.89. The van der Waals surface area contributed by atoms with E-state index < -0.39 is 0 Å². The van der Waals surface area contributed by atoms with Gasteiger partial charge in [0.05, 0.1) is 10.6 Å². The van der Waals surface area contributed by atoms with Crippen LogP contribution in [-0.2, 0) is 0 Å². The lowest BCUT2D eigenvalue weighted by Gasteiger charge is -2.03. The van der Waals surface area contributed by atoms with Crippen LogP contribution in [0.1, 0.15) is 0 Å². The van der Waals surface area contributed by atoms with Gasteiger partial charge in [-0.15, -0.1) is 11.3 Å². The molecule has 0 radical (unpaired) electrons. The highest BCUT2D eigenvalue weighted by Crippen LogP contribution is 2.35. The molecule has 0 fully saturated rings. The Morgan fingerprint density at radius 1 is 1.00 bits per heavy atom. The molecule has 1 aromatic carbocycles. The number of halogens is 1. The zero-order valence-electron chi connectivity index (χ0n) is 9.51. The lowest BCUT2D eigenvalue weighted by Crippen LogP contribution is -1.83. The third-order valence-electron chi connectivity index (χ3n) is 2.70. The average molecular weight is 255 g/mol. The molecule has 0 aliphatic carbocycles. The van der Waals surface area contributed by atoms with Crippen LogP contribution in [0.4, 0.5) is 4.39 Å². The van der Waals surface area contributed by atoms with Crippen molar-refractivity contribution in [3.05, 3.63) is 65.9 Å². The van der Waals surface area contributed by atoms with E-state index in [1.54, 1.807) is 29.7 Å². The van der Waals surface area contributed by atoms with Crippen LogP contribution >= 0.6 is 11.3 Å². The number of pyridine rings is 1. The van der Waals surface area contributed by atoms with Crippen molar-refractivity contribution in [2.45, 2.75) is 0 Å². The van der Waals surface area contributed by atoms with Crippen molar-refractivity contribution in [2.24, 2.45) is 0 Å². The predicted octanol–water partition coefficient (Wildman–Crippen LogP) is 4.62. The van der Waals surface area contributed by atoms with Crippen LogP contribution in [0.5, 0.6) is 0 Å². The Morgan fingerprint density at radius 2 is 1.94 bits per heavy atom. The second kappa shape index (κ2) is 4.70. The number of rotatable bonds is 2. The fourth-order valence-electron chi connectivity index (χ4n) is 1.89. The van der Waals surface area contributed by atoms with E-state index in [9.17, 15) is 4.39 Å². The van der Waals surface area contributed by atoms with Crippen molar-refractivity contribution in [2.75, 3.05) is 0 Å². The third-order valence-corrected chi connectivity index (χ3v) is 3.64. The number of hydrogen-bond donors (Lipinski definition) is 0. The highest BCUT2D eigenvalue weighted by molar-refractivity contribution is 7.14. The molecule has 0 aliphatic heterocycles.